The number of piperidine rings is 1. The fraction of sp³-hybridized carbons (Fsp3) is 0.600. The lowest BCUT2D eigenvalue weighted by molar-refractivity contribution is -0.120. The van der Waals surface area contributed by atoms with Crippen LogP contribution in [0.5, 0.6) is 0 Å². The first kappa shape index (κ1) is 18.9. The lowest BCUT2D eigenvalue weighted by atomic mass is 9.97. The van der Waals surface area contributed by atoms with Gasteiger partial charge in [0.1, 0.15) is 0 Å². The summed E-state index contributed by atoms with van der Waals surface area (Å²) in [6.45, 7) is 4.22. The fourth-order valence-electron chi connectivity index (χ4n) is 3.70. The highest BCUT2D eigenvalue weighted by Crippen LogP contribution is 2.19. The number of amides is 2. The molecule has 0 aliphatic carbocycles. The third-order valence-corrected chi connectivity index (χ3v) is 5.19. The van der Waals surface area contributed by atoms with E-state index < -0.39 is 0 Å². The quantitative estimate of drug-likeness (QED) is 0.756. The van der Waals surface area contributed by atoms with Gasteiger partial charge >= 0.3 is 0 Å². The van der Waals surface area contributed by atoms with Gasteiger partial charge < -0.3 is 16.0 Å². The summed E-state index contributed by atoms with van der Waals surface area (Å²) in [6, 6.07) is 7.42. The van der Waals surface area contributed by atoms with Crippen molar-refractivity contribution in [3.63, 3.8) is 0 Å². The van der Waals surface area contributed by atoms with Crippen molar-refractivity contribution in [2.45, 2.75) is 38.5 Å². The number of hydrogen-bond acceptors (Lipinski definition) is 4. The van der Waals surface area contributed by atoms with Gasteiger partial charge in [-0.25, -0.2) is 0 Å². The van der Waals surface area contributed by atoms with Crippen LogP contribution in [0, 0.1) is 5.92 Å². The van der Waals surface area contributed by atoms with Crippen LogP contribution in [0.25, 0.3) is 0 Å². The van der Waals surface area contributed by atoms with E-state index in [4.69, 9.17) is 0 Å². The van der Waals surface area contributed by atoms with Crippen LogP contribution >= 0.6 is 0 Å². The van der Waals surface area contributed by atoms with E-state index in [1.54, 1.807) is 0 Å². The molecule has 0 unspecified atom stereocenters. The molecule has 0 bridgehead atoms. The third-order valence-electron chi connectivity index (χ3n) is 5.19. The molecule has 0 radical (unpaired) electrons. The van der Waals surface area contributed by atoms with Gasteiger partial charge in [0.15, 0.2) is 0 Å². The average molecular weight is 358 g/mol. The molecule has 0 atom stereocenters. The number of carbonyl (C=O) groups excluding carboxylic acids is 2. The minimum atomic E-state index is 0.00808. The van der Waals surface area contributed by atoms with Crippen LogP contribution in [0.1, 0.15) is 38.5 Å². The van der Waals surface area contributed by atoms with Gasteiger partial charge in [-0.1, -0.05) is 18.9 Å². The normalized spacial score (nSPS) is 19.5. The van der Waals surface area contributed by atoms with Gasteiger partial charge in [0, 0.05) is 17.3 Å². The lowest BCUT2D eigenvalue weighted by Gasteiger charge is -2.22. The molecule has 2 aliphatic rings. The number of anilines is 2. The van der Waals surface area contributed by atoms with E-state index >= 15 is 0 Å². The van der Waals surface area contributed by atoms with Crippen LogP contribution in [0.15, 0.2) is 24.3 Å². The highest BCUT2D eigenvalue weighted by molar-refractivity contribution is 5.95. The second kappa shape index (κ2) is 9.69. The zero-order valence-corrected chi connectivity index (χ0v) is 15.4. The first-order valence-corrected chi connectivity index (χ1v) is 9.84. The van der Waals surface area contributed by atoms with Crippen molar-refractivity contribution in [3.8, 4) is 0 Å². The number of nitrogens with one attached hydrogen (secondary N) is 3. The summed E-state index contributed by atoms with van der Waals surface area (Å²) in [4.78, 5) is 26.9. The number of likely N-dealkylation sites (tertiary alicyclic amines) is 1. The molecule has 2 amide bonds. The van der Waals surface area contributed by atoms with Crippen LogP contribution in [0.4, 0.5) is 11.4 Å². The summed E-state index contributed by atoms with van der Waals surface area (Å²) < 4.78 is 0. The van der Waals surface area contributed by atoms with Crippen molar-refractivity contribution in [1.29, 1.82) is 0 Å². The van der Waals surface area contributed by atoms with Crippen molar-refractivity contribution in [1.82, 2.24) is 10.2 Å². The minimum absolute atomic E-state index is 0.00808. The number of carbonyl (C=O) groups is 2. The van der Waals surface area contributed by atoms with Crippen LogP contribution in [-0.4, -0.2) is 49.4 Å². The van der Waals surface area contributed by atoms with Gasteiger partial charge in [-0.05, 0) is 70.1 Å². The van der Waals surface area contributed by atoms with Crippen molar-refractivity contribution < 1.29 is 9.59 Å². The molecule has 2 fully saturated rings. The first-order valence-electron chi connectivity index (χ1n) is 9.84. The molecule has 2 heterocycles. The average Bonchev–Trinajstić information content (AvgIpc) is 2.91. The Kier molecular flexibility index (Phi) is 7.03. The van der Waals surface area contributed by atoms with E-state index in [-0.39, 0.29) is 17.7 Å². The molecule has 3 N–H and O–H groups in total. The molecule has 0 spiro atoms. The Morgan fingerprint density at radius 3 is 2.35 bits per heavy atom. The van der Waals surface area contributed by atoms with E-state index in [1.165, 1.54) is 25.7 Å². The predicted octanol–water partition coefficient (Wildman–Crippen LogP) is 2.44. The molecule has 26 heavy (non-hydrogen) atoms. The zero-order valence-electron chi connectivity index (χ0n) is 15.4. The molecule has 6 heteroatoms. The van der Waals surface area contributed by atoms with E-state index in [0.717, 1.165) is 50.4 Å². The largest absolute Gasteiger partial charge is 0.326 e. The molecular formula is C20H30N4O2. The van der Waals surface area contributed by atoms with Gasteiger partial charge in [-0.2, -0.15) is 0 Å². The Bertz CT molecular complexity index is 606. The van der Waals surface area contributed by atoms with E-state index in [0.29, 0.717) is 6.54 Å². The number of rotatable bonds is 5. The van der Waals surface area contributed by atoms with Crippen LogP contribution in [0.3, 0.4) is 0 Å². The van der Waals surface area contributed by atoms with Gasteiger partial charge in [-0.3, -0.25) is 14.5 Å². The Morgan fingerprint density at radius 2 is 1.65 bits per heavy atom. The summed E-state index contributed by atoms with van der Waals surface area (Å²) in [5.74, 6) is 0.144. The standard InChI is InChI=1S/C20H30N4O2/c25-19(15-24-12-3-1-2-4-13-24)22-17-6-5-7-18(14-17)23-20(26)16-8-10-21-11-9-16/h5-7,14,16,21H,1-4,8-13,15H2,(H,22,25)(H,23,26). The highest BCUT2D eigenvalue weighted by atomic mass is 16.2. The van der Waals surface area contributed by atoms with E-state index in [1.807, 2.05) is 24.3 Å². The SMILES string of the molecule is O=C(CN1CCCCCC1)Nc1cccc(NC(=O)C2CCNCC2)c1. The van der Waals surface area contributed by atoms with Crippen LogP contribution < -0.4 is 16.0 Å². The molecule has 0 saturated carbocycles. The zero-order chi connectivity index (χ0) is 18.2. The molecule has 0 aromatic heterocycles. The molecule has 2 saturated heterocycles. The second-order valence-electron chi connectivity index (χ2n) is 7.33. The summed E-state index contributed by atoms with van der Waals surface area (Å²) in [5.41, 5.74) is 1.47. The van der Waals surface area contributed by atoms with Crippen LogP contribution in [-0.2, 0) is 9.59 Å². The monoisotopic (exact) mass is 358 g/mol. The van der Waals surface area contributed by atoms with Crippen molar-refractivity contribution in [3.05, 3.63) is 24.3 Å². The molecule has 1 aromatic rings. The number of hydrogen-bond donors (Lipinski definition) is 3. The number of nitrogens with zero attached hydrogens (tertiary/aromatic N) is 1. The van der Waals surface area contributed by atoms with Gasteiger partial charge in [0.05, 0.1) is 6.54 Å². The van der Waals surface area contributed by atoms with E-state index in [2.05, 4.69) is 20.9 Å². The molecular weight excluding hydrogens is 328 g/mol. The number of benzene rings is 1. The molecule has 3 rings (SSSR count). The molecule has 6 nitrogen and oxygen atoms in total. The maximum atomic E-state index is 12.4. The molecule has 2 aliphatic heterocycles. The van der Waals surface area contributed by atoms with Gasteiger partial charge in [0.2, 0.25) is 11.8 Å². The highest BCUT2D eigenvalue weighted by Gasteiger charge is 2.21. The topological polar surface area (TPSA) is 73.5 Å². The maximum Gasteiger partial charge on any atom is 0.238 e. The van der Waals surface area contributed by atoms with Crippen molar-refractivity contribution >= 4 is 23.2 Å². The summed E-state index contributed by atoms with van der Waals surface area (Å²) >= 11 is 0. The Hall–Kier alpha value is -1.92. The Balaban J connectivity index is 1.51. The van der Waals surface area contributed by atoms with Crippen molar-refractivity contribution in [2.24, 2.45) is 5.92 Å². The Labute approximate surface area is 155 Å². The smallest absolute Gasteiger partial charge is 0.238 e. The molecule has 142 valence electrons. The fourth-order valence-corrected chi connectivity index (χ4v) is 3.70. The van der Waals surface area contributed by atoms with Crippen molar-refractivity contribution in [2.75, 3.05) is 43.4 Å². The summed E-state index contributed by atoms with van der Waals surface area (Å²) in [6.07, 6.45) is 6.61. The minimum Gasteiger partial charge on any atom is -0.326 e. The first-order chi connectivity index (χ1) is 12.7. The third kappa shape index (κ3) is 5.81. The second-order valence-corrected chi connectivity index (χ2v) is 7.33. The predicted molar refractivity (Wildman–Crippen MR) is 104 cm³/mol. The maximum absolute atomic E-state index is 12.4. The van der Waals surface area contributed by atoms with Gasteiger partial charge in [0.25, 0.3) is 0 Å². The lowest BCUT2D eigenvalue weighted by Crippen LogP contribution is -2.34. The summed E-state index contributed by atoms with van der Waals surface area (Å²) in [5, 5.41) is 9.22. The summed E-state index contributed by atoms with van der Waals surface area (Å²) in [7, 11) is 0. The van der Waals surface area contributed by atoms with Crippen LogP contribution in [0.2, 0.25) is 0 Å². The Morgan fingerprint density at radius 1 is 1.00 bits per heavy atom. The van der Waals surface area contributed by atoms with Gasteiger partial charge in [-0.15, -0.1) is 0 Å². The van der Waals surface area contributed by atoms with E-state index in [9.17, 15) is 9.59 Å². The molecule has 1 aromatic carbocycles.